The molecule has 1 N–H and O–H groups in total. The molecule has 0 spiro atoms. The predicted molar refractivity (Wildman–Crippen MR) is 114 cm³/mol. The van der Waals surface area contributed by atoms with Crippen molar-refractivity contribution in [2.24, 2.45) is 0 Å². The van der Waals surface area contributed by atoms with Gasteiger partial charge in [-0.1, -0.05) is 81.7 Å². The van der Waals surface area contributed by atoms with Gasteiger partial charge in [-0.15, -0.1) is 0 Å². The number of aryl methyl sites for hydroxylation is 1. The van der Waals surface area contributed by atoms with Crippen LogP contribution in [0.1, 0.15) is 95.5 Å². The van der Waals surface area contributed by atoms with E-state index in [4.69, 9.17) is 0 Å². The fraction of sp³-hybridized carbons (Fsp3) is 0.600. The largest absolute Gasteiger partial charge is 0.511 e. The Kier molecular flexibility index (Phi) is 10.6. The van der Waals surface area contributed by atoms with Crippen molar-refractivity contribution < 1.29 is 14.7 Å². The van der Waals surface area contributed by atoms with Gasteiger partial charge >= 0.3 is 0 Å². The number of Topliss-reactive ketones (excluding diaryl/α,β-unsaturated/α-hetero) is 2. The third kappa shape index (κ3) is 8.41. The topological polar surface area (TPSA) is 54.4 Å². The molecule has 1 aromatic rings. The van der Waals surface area contributed by atoms with Crippen LogP contribution in [0.15, 0.2) is 41.7 Å². The van der Waals surface area contributed by atoms with Crippen molar-refractivity contribution in [3.05, 3.63) is 47.2 Å². The summed E-state index contributed by atoms with van der Waals surface area (Å²) in [4.78, 5) is 23.6. The lowest BCUT2D eigenvalue weighted by molar-refractivity contribution is -0.124. The number of carbonyl (C=O) groups excluding carboxylic acids is 2. The zero-order valence-corrected chi connectivity index (χ0v) is 17.3. The Bertz CT molecular complexity index is 612. The molecule has 3 heteroatoms. The zero-order chi connectivity index (χ0) is 20.0. The van der Waals surface area contributed by atoms with Gasteiger partial charge in [0.1, 0.15) is 5.76 Å². The lowest BCUT2D eigenvalue weighted by Crippen LogP contribution is -2.20. The van der Waals surface area contributed by atoms with E-state index in [1.165, 1.54) is 63.4 Å². The van der Waals surface area contributed by atoms with E-state index in [-0.39, 0.29) is 22.9 Å². The summed E-state index contributed by atoms with van der Waals surface area (Å²) in [7, 11) is 0. The van der Waals surface area contributed by atoms with Crippen molar-refractivity contribution in [1.82, 2.24) is 0 Å². The molecular formula is C25H36O3. The predicted octanol–water partition coefficient (Wildman–Crippen LogP) is 6.65. The maximum absolute atomic E-state index is 11.8. The second-order valence-corrected chi connectivity index (χ2v) is 8.04. The number of benzene rings is 1. The summed E-state index contributed by atoms with van der Waals surface area (Å²) in [6, 6.07) is 10.7. The normalized spacial score (nSPS) is 14.5. The van der Waals surface area contributed by atoms with E-state index in [0.29, 0.717) is 25.7 Å². The van der Waals surface area contributed by atoms with E-state index in [2.05, 4.69) is 30.3 Å². The van der Waals surface area contributed by atoms with Crippen molar-refractivity contribution in [2.45, 2.75) is 96.3 Å². The summed E-state index contributed by atoms with van der Waals surface area (Å²) in [6.07, 6.45) is 15.2. The third-order valence-corrected chi connectivity index (χ3v) is 5.63. The van der Waals surface area contributed by atoms with Gasteiger partial charge in [-0.05, 0) is 31.2 Å². The molecule has 1 fully saturated rings. The molecule has 0 saturated heterocycles. The van der Waals surface area contributed by atoms with Crippen LogP contribution in [0.2, 0.25) is 0 Å². The Hall–Kier alpha value is -1.90. The van der Waals surface area contributed by atoms with Crippen LogP contribution in [0.5, 0.6) is 0 Å². The first-order valence-corrected chi connectivity index (χ1v) is 11.2. The van der Waals surface area contributed by atoms with Gasteiger partial charge < -0.3 is 5.11 Å². The molecular weight excluding hydrogens is 348 g/mol. The van der Waals surface area contributed by atoms with E-state index >= 15 is 0 Å². The summed E-state index contributed by atoms with van der Waals surface area (Å²) >= 11 is 0. The number of aliphatic hydroxyl groups excluding tert-OH is 1. The highest BCUT2D eigenvalue weighted by Gasteiger charge is 2.26. The van der Waals surface area contributed by atoms with Gasteiger partial charge in [0.25, 0.3) is 0 Å². The Morgan fingerprint density at radius 1 is 0.714 bits per heavy atom. The Morgan fingerprint density at radius 3 is 1.79 bits per heavy atom. The fourth-order valence-corrected chi connectivity index (χ4v) is 3.94. The maximum atomic E-state index is 11.8. The minimum Gasteiger partial charge on any atom is -0.511 e. The van der Waals surface area contributed by atoms with Crippen LogP contribution in [0, 0.1) is 0 Å². The Labute approximate surface area is 170 Å². The highest BCUT2D eigenvalue weighted by molar-refractivity contribution is 6.21. The Morgan fingerprint density at radius 2 is 1.21 bits per heavy atom. The summed E-state index contributed by atoms with van der Waals surface area (Å²) in [5.74, 6) is -0.305. The van der Waals surface area contributed by atoms with E-state index in [0.717, 1.165) is 12.8 Å². The number of unbranched alkanes of at least 4 members (excludes halogenated alkanes) is 9. The molecule has 0 unspecified atom stereocenters. The Balaban J connectivity index is 1.41. The molecule has 0 aromatic heterocycles. The lowest BCUT2D eigenvalue weighted by atomic mass is 9.90. The lowest BCUT2D eigenvalue weighted by Gasteiger charge is -2.13. The smallest absolute Gasteiger partial charge is 0.169 e. The summed E-state index contributed by atoms with van der Waals surface area (Å²) in [6.45, 7) is 0. The molecule has 2 rings (SSSR count). The first kappa shape index (κ1) is 22.4. The average molecular weight is 385 g/mol. The van der Waals surface area contributed by atoms with Gasteiger partial charge in [0.15, 0.2) is 11.6 Å². The van der Waals surface area contributed by atoms with Gasteiger partial charge in [0.05, 0.1) is 5.57 Å². The average Bonchev–Trinajstić information content (AvgIpc) is 2.69. The van der Waals surface area contributed by atoms with Crippen LogP contribution in [-0.4, -0.2) is 16.7 Å². The molecule has 0 aliphatic heterocycles. The number of hydrogen-bond acceptors (Lipinski definition) is 3. The van der Waals surface area contributed by atoms with Crippen molar-refractivity contribution in [2.75, 3.05) is 0 Å². The van der Waals surface area contributed by atoms with E-state index in [1.54, 1.807) is 0 Å². The summed E-state index contributed by atoms with van der Waals surface area (Å²) < 4.78 is 0. The quantitative estimate of drug-likeness (QED) is 0.179. The summed E-state index contributed by atoms with van der Waals surface area (Å²) in [5.41, 5.74) is 1.54. The highest BCUT2D eigenvalue weighted by Crippen LogP contribution is 2.22. The molecule has 0 radical (unpaired) electrons. The van der Waals surface area contributed by atoms with Crippen LogP contribution in [0.4, 0.5) is 0 Å². The number of ketones is 2. The molecule has 154 valence electrons. The zero-order valence-electron chi connectivity index (χ0n) is 17.3. The van der Waals surface area contributed by atoms with Crippen LogP contribution in [-0.2, 0) is 16.0 Å². The number of hydrogen-bond donors (Lipinski definition) is 1. The molecule has 0 amide bonds. The molecule has 3 nitrogen and oxygen atoms in total. The van der Waals surface area contributed by atoms with Crippen LogP contribution in [0.3, 0.4) is 0 Å². The first-order chi connectivity index (χ1) is 13.7. The summed E-state index contributed by atoms with van der Waals surface area (Å²) in [5, 5.41) is 10.1. The third-order valence-electron chi connectivity index (χ3n) is 5.63. The van der Waals surface area contributed by atoms with Gasteiger partial charge in [-0.3, -0.25) is 9.59 Å². The molecule has 1 aromatic carbocycles. The molecule has 0 heterocycles. The second-order valence-electron chi connectivity index (χ2n) is 8.04. The van der Waals surface area contributed by atoms with E-state index < -0.39 is 0 Å². The molecule has 0 atom stereocenters. The number of aliphatic hydroxyl groups is 1. The van der Waals surface area contributed by atoms with Crippen LogP contribution in [0.25, 0.3) is 0 Å². The van der Waals surface area contributed by atoms with Crippen molar-refractivity contribution in [1.29, 1.82) is 0 Å². The highest BCUT2D eigenvalue weighted by atomic mass is 16.3. The molecule has 1 aliphatic carbocycles. The molecule has 1 aliphatic rings. The van der Waals surface area contributed by atoms with Crippen LogP contribution >= 0.6 is 0 Å². The molecule has 28 heavy (non-hydrogen) atoms. The fourth-order valence-electron chi connectivity index (χ4n) is 3.94. The van der Waals surface area contributed by atoms with Crippen molar-refractivity contribution in [3.8, 4) is 0 Å². The van der Waals surface area contributed by atoms with Crippen molar-refractivity contribution >= 4 is 11.6 Å². The molecule has 0 bridgehead atoms. The van der Waals surface area contributed by atoms with Gasteiger partial charge in [0.2, 0.25) is 0 Å². The maximum Gasteiger partial charge on any atom is 0.169 e. The minimum atomic E-state index is -0.169. The first-order valence-electron chi connectivity index (χ1n) is 11.2. The van der Waals surface area contributed by atoms with Crippen molar-refractivity contribution in [3.63, 3.8) is 0 Å². The molecule has 1 saturated carbocycles. The standard InChI is InChI=1S/C25H36O3/c26-22(25-23(27)19-14-20-24(25)28)18-13-8-6-4-2-1-3-5-7-10-15-21-16-11-9-12-17-21/h9,11-12,16-17,26H,1-8,10,13-15,18-20H2. The van der Waals surface area contributed by atoms with E-state index in [1.807, 2.05) is 0 Å². The van der Waals surface area contributed by atoms with Crippen LogP contribution < -0.4 is 0 Å². The van der Waals surface area contributed by atoms with E-state index in [9.17, 15) is 14.7 Å². The van der Waals surface area contributed by atoms with Gasteiger partial charge in [0, 0.05) is 19.3 Å². The van der Waals surface area contributed by atoms with Gasteiger partial charge in [-0.2, -0.15) is 0 Å². The number of allylic oxidation sites excluding steroid dienone is 2. The van der Waals surface area contributed by atoms with Gasteiger partial charge in [-0.25, -0.2) is 0 Å². The SMILES string of the molecule is O=C1CCCC(=O)C1=C(O)CCCCCCCCCCCCc1ccccc1. The number of rotatable bonds is 13. The number of carbonyl (C=O) groups is 2. The monoisotopic (exact) mass is 384 g/mol. The minimum absolute atomic E-state index is 0.0326. The second kappa shape index (κ2) is 13.3.